The van der Waals surface area contributed by atoms with E-state index < -0.39 is 27.6 Å². The minimum atomic E-state index is -4.24. The highest BCUT2D eigenvalue weighted by Gasteiger charge is 2.46. The number of carboxylic acids is 1. The third-order valence-corrected chi connectivity index (χ3v) is 5.53. The summed E-state index contributed by atoms with van der Waals surface area (Å²) >= 11 is 3.04. The molecule has 0 unspecified atom stereocenters. The summed E-state index contributed by atoms with van der Waals surface area (Å²) in [6, 6.07) is 13.4. The molecule has 7 nitrogen and oxygen atoms in total. The lowest BCUT2D eigenvalue weighted by Gasteiger charge is -2.09. The van der Waals surface area contributed by atoms with Crippen molar-refractivity contribution in [2.45, 2.75) is 10.8 Å². The second-order valence-electron chi connectivity index (χ2n) is 5.71. The predicted octanol–water partition coefficient (Wildman–Crippen LogP) is 3.13. The van der Waals surface area contributed by atoms with Crippen LogP contribution in [0.2, 0.25) is 0 Å². The van der Waals surface area contributed by atoms with E-state index in [0.717, 1.165) is 4.68 Å². The molecule has 0 atom stereocenters. The number of nitrogens with zero attached hydrogens (tertiary/aromatic N) is 2. The van der Waals surface area contributed by atoms with E-state index in [1.54, 1.807) is 30.3 Å². The van der Waals surface area contributed by atoms with Crippen molar-refractivity contribution in [1.29, 1.82) is 0 Å². The molecule has 0 aliphatic carbocycles. The average Bonchev–Trinajstić information content (AvgIpc) is 2.99. The minimum absolute atomic E-state index is 0.167. The van der Waals surface area contributed by atoms with E-state index in [1.165, 1.54) is 24.3 Å². The van der Waals surface area contributed by atoms with Gasteiger partial charge in [-0.3, -0.25) is 0 Å². The van der Waals surface area contributed by atoms with Crippen LogP contribution in [0.5, 0.6) is 0 Å². The number of aliphatic carboxylic acids is 1. The largest absolute Gasteiger partial charge is 0.476 e. The van der Waals surface area contributed by atoms with Gasteiger partial charge in [-0.25, -0.2) is 23.0 Å². The summed E-state index contributed by atoms with van der Waals surface area (Å²) in [5, 5.41) is 17.7. The maximum absolute atomic E-state index is 14.2. The number of sulfonamides is 1. The first kappa shape index (κ1) is 20.1. The Kier molecular flexibility index (Phi) is 5.08. The summed E-state index contributed by atoms with van der Waals surface area (Å²) < 4.78 is 52.1. The van der Waals surface area contributed by atoms with Gasteiger partial charge in [0.2, 0.25) is 10.0 Å². The van der Waals surface area contributed by atoms with Gasteiger partial charge in [-0.15, -0.1) is 0 Å². The van der Waals surface area contributed by atoms with E-state index in [4.69, 9.17) is 10.2 Å². The van der Waals surface area contributed by atoms with Crippen LogP contribution in [-0.2, 0) is 20.7 Å². The second-order valence-corrected chi connectivity index (χ2v) is 8.06. The fourth-order valence-corrected chi connectivity index (χ4v) is 3.75. The highest BCUT2D eigenvalue weighted by molar-refractivity contribution is 9.10. The van der Waals surface area contributed by atoms with Gasteiger partial charge in [0.15, 0.2) is 5.69 Å². The lowest BCUT2D eigenvalue weighted by Crippen LogP contribution is -2.26. The Morgan fingerprint density at radius 3 is 2.18 bits per heavy atom. The smallest absolute Gasteiger partial charge is 0.387 e. The van der Waals surface area contributed by atoms with Crippen molar-refractivity contribution < 1.29 is 27.1 Å². The number of benzene rings is 2. The van der Waals surface area contributed by atoms with Gasteiger partial charge in [0.05, 0.1) is 20.7 Å². The van der Waals surface area contributed by atoms with Crippen LogP contribution in [-0.4, -0.2) is 29.3 Å². The molecule has 1 heterocycles. The van der Waals surface area contributed by atoms with Gasteiger partial charge in [0, 0.05) is 5.56 Å². The van der Waals surface area contributed by atoms with Gasteiger partial charge in [0.1, 0.15) is 0 Å². The molecule has 3 aromatic rings. The molecule has 11 heteroatoms. The summed E-state index contributed by atoms with van der Waals surface area (Å²) in [7, 11) is -3.94. The summed E-state index contributed by atoms with van der Waals surface area (Å²) in [5.41, 5.74) is -0.0708. The van der Waals surface area contributed by atoms with Gasteiger partial charge in [-0.05, 0) is 40.2 Å². The molecule has 0 aliphatic rings. The maximum atomic E-state index is 14.2. The molecular weight excluding hydrogens is 460 g/mol. The van der Waals surface area contributed by atoms with Crippen LogP contribution < -0.4 is 5.14 Å². The Morgan fingerprint density at radius 1 is 1.11 bits per heavy atom. The minimum Gasteiger partial charge on any atom is -0.476 e. The number of carboxylic acid groups (broad SMARTS) is 1. The van der Waals surface area contributed by atoms with Crippen molar-refractivity contribution in [1.82, 2.24) is 9.78 Å². The molecule has 0 spiro atoms. The van der Waals surface area contributed by atoms with Crippen molar-refractivity contribution in [3.8, 4) is 16.9 Å². The summed E-state index contributed by atoms with van der Waals surface area (Å²) in [6.07, 6.45) is 0. The van der Waals surface area contributed by atoms with Crippen LogP contribution in [0.15, 0.2) is 64.0 Å². The lowest BCUT2D eigenvalue weighted by atomic mass is 10.1. The second kappa shape index (κ2) is 7.08. The van der Waals surface area contributed by atoms with E-state index in [-0.39, 0.29) is 20.7 Å². The van der Waals surface area contributed by atoms with Gasteiger partial charge in [-0.1, -0.05) is 30.3 Å². The number of rotatable bonds is 5. The number of alkyl halides is 2. The topological polar surface area (TPSA) is 115 Å². The van der Waals surface area contributed by atoms with Gasteiger partial charge in [-0.2, -0.15) is 13.9 Å². The number of hydrogen-bond acceptors (Lipinski definition) is 4. The van der Waals surface area contributed by atoms with Gasteiger partial charge >= 0.3 is 11.9 Å². The Balaban J connectivity index is 2.27. The molecule has 0 radical (unpaired) electrons. The molecule has 0 amide bonds. The fraction of sp³-hybridized carbons (Fsp3) is 0.0588. The molecule has 146 valence electrons. The van der Waals surface area contributed by atoms with Crippen LogP contribution >= 0.6 is 15.9 Å². The SMILES string of the molecule is NS(=O)(=O)c1ccc(-n2nc(C(F)(F)C(=O)O)c(Br)c2-c2ccccc2)cc1. The average molecular weight is 472 g/mol. The van der Waals surface area contributed by atoms with Crippen molar-refractivity contribution in [3.63, 3.8) is 0 Å². The first-order chi connectivity index (χ1) is 13.0. The molecule has 0 bridgehead atoms. The fourth-order valence-electron chi connectivity index (χ4n) is 2.51. The van der Waals surface area contributed by atoms with Crippen molar-refractivity contribution in [3.05, 3.63) is 64.8 Å². The predicted molar refractivity (Wildman–Crippen MR) is 99.6 cm³/mol. The summed E-state index contributed by atoms with van der Waals surface area (Å²) in [4.78, 5) is 10.9. The molecule has 3 rings (SSSR count). The zero-order valence-electron chi connectivity index (χ0n) is 13.9. The Morgan fingerprint density at radius 2 is 1.68 bits per heavy atom. The molecular formula is C17H12BrF2N3O4S. The molecule has 3 N–H and O–H groups in total. The van der Waals surface area contributed by atoms with Crippen molar-refractivity contribution in [2.24, 2.45) is 5.14 Å². The zero-order valence-corrected chi connectivity index (χ0v) is 16.3. The number of nitrogens with two attached hydrogens (primary N) is 1. The highest BCUT2D eigenvalue weighted by Crippen LogP contribution is 2.40. The van der Waals surface area contributed by atoms with Gasteiger partial charge in [0.25, 0.3) is 0 Å². The molecule has 0 saturated heterocycles. The molecule has 1 aromatic heterocycles. The van der Waals surface area contributed by atoms with Crippen LogP contribution in [0.1, 0.15) is 5.69 Å². The molecule has 2 aromatic carbocycles. The third-order valence-electron chi connectivity index (χ3n) is 3.85. The Hall–Kier alpha value is -2.63. The normalized spacial score (nSPS) is 12.1. The summed E-state index contributed by atoms with van der Waals surface area (Å²) in [5.74, 6) is -6.59. The quantitative estimate of drug-likeness (QED) is 0.592. The number of aromatic nitrogens is 2. The molecule has 28 heavy (non-hydrogen) atoms. The van der Waals surface area contributed by atoms with Gasteiger partial charge < -0.3 is 5.11 Å². The maximum Gasteiger partial charge on any atom is 0.387 e. The number of carbonyl (C=O) groups is 1. The van der Waals surface area contributed by atoms with E-state index in [9.17, 15) is 22.0 Å². The molecule has 0 saturated carbocycles. The van der Waals surface area contributed by atoms with E-state index in [1.807, 2.05) is 0 Å². The molecule has 0 aliphatic heterocycles. The number of primary sulfonamides is 1. The van der Waals surface area contributed by atoms with E-state index in [0.29, 0.717) is 5.56 Å². The zero-order chi connectivity index (χ0) is 20.7. The van der Waals surface area contributed by atoms with Crippen LogP contribution in [0.25, 0.3) is 16.9 Å². The van der Waals surface area contributed by atoms with Crippen molar-refractivity contribution >= 4 is 31.9 Å². The standard InChI is InChI=1S/C17H12BrF2N3O4S/c18-13-14(10-4-2-1-3-5-10)23(22-15(13)17(19,20)16(24)25)11-6-8-12(9-7-11)28(21,26)27/h1-9H,(H,24,25)(H2,21,26,27). The Bertz CT molecular complexity index is 1150. The number of halogens is 3. The first-order valence-corrected chi connectivity index (χ1v) is 9.96. The van der Waals surface area contributed by atoms with E-state index in [2.05, 4.69) is 21.0 Å². The number of hydrogen-bond donors (Lipinski definition) is 2. The highest BCUT2D eigenvalue weighted by atomic mass is 79.9. The first-order valence-electron chi connectivity index (χ1n) is 7.62. The third kappa shape index (κ3) is 3.55. The summed E-state index contributed by atoms with van der Waals surface area (Å²) in [6.45, 7) is 0. The van der Waals surface area contributed by atoms with E-state index >= 15 is 0 Å². The molecule has 0 fully saturated rings. The van der Waals surface area contributed by atoms with Crippen LogP contribution in [0, 0.1) is 0 Å². The lowest BCUT2D eigenvalue weighted by molar-refractivity contribution is -0.167. The van der Waals surface area contributed by atoms with Crippen molar-refractivity contribution in [2.75, 3.05) is 0 Å². The Labute approximate surface area is 166 Å². The van der Waals surface area contributed by atoms with Crippen LogP contribution in [0.4, 0.5) is 8.78 Å². The monoisotopic (exact) mass is 471 g/mol. The van der Waals surface area contributed by atoms with Crippen LogP contribution in [0.3, 0.4) is 0 Å².